The fourth-order valence-electron chi connectivity index (χ4n) is 2.69. The summed E-state index contributed by atoms with van der Waals surface area (Å²) < 4.78 is 42.7. The number of sulfonamides is 1. The van der Waals surface area contributed by atoms with E-state index in [1.807, 2.05) is 6.92 Å². The van der Waals surface area contributed by atoms with Crippen LogP contribution in [0.4, 0.5) is 4.39 Å². The first-order valence-corrected chi connectivity index (χ1v) is 8.34. The molecule has 5 heteroatoms. The highest BCUT2D eigenvalue weighted by atomic mass is 32.2. The molecule has 0 radical (unpaired) electrons. The van der Waals surface area contributed by atoms with Gasteiger partial charge in [-0.1, -0.05) is 17.7 Å². The van der Waals surface area contributed by atoms with Crippen molar-refractivity contribution < 1.29 is 12.8 Å². The summed E-state index contributed by atoms with van der Waals surface area (Å²) >= 11 is 0. The van der Waals surface area contributed by atoms with E-state index in [1.165, 1.54) is 24.3 Å². The third kappa shape index (κ3) is 2.70. The van der Waals surface area contributed by atoms with Crippen LogP contribution in [0.3, 0.4) is 0 Å². The van der Waals surface area contributed by atoms with E-state index in [1.54, 1.807) is 18.2 Å². The Kier molecular flexibility index (Phi) is 3.32. The maximum Gasteiger partial charge on any atom is 0.282 e. The van der Waals surface area contributed by atoms with Gasteiger partial charge in [-0.15, -0.1) is 0 Å². The molecule has 1 unspecified atom stereocenters. The van der Waals surface area contributed by atoms with Gasteiger partial charge < -0.3 is 0 Å². The number of halogens is 1. The molecule has 2 aliphatic rings. The van der Waals surface area contributed by atoms with E-state index in [-0.39, 0.29) is 4.90 Å². The van der Waals surface area contributed by atoms with Crippen molar-refractivity contribution in [3.05, 3.63) is 53.6 Å². The molecule has 0 spiro atoms. The van der Waals surface area contributed by atoms with Gasteiger partial charge in [-0.3, -0.25) is 0 Å². The van der Waals surface area contributed by atoms with Crippen LogP contribution >= 0.6 is 0 Å². The van der Waals surface area contributed by atoms with E-state index < -0.39 is 15.7 Å². The Balaban J connectivity index is 1.95. The van der Waals surface area contributed by atoms with Crippen molar-refractivity contribution in [2.45, 2.75) is 36.8 Å². The number of nitrogens with zero attached hydrogens (tertiary/aromatic N) is 1. The van der Waals surface area contributed by atoms with Crippen LogP contribution < -0.4 is 0 Å². The largest absolute Gasteiger partial charge is 0.282 e. The Morgan fingerprint density at radius 2 is 1.95 bits per heavy atom. The highest BCUT2D eigenvalue weighted by molar-refractivity contribution is 7.90. The van der Waals surface area contributed by atoms with Crippen LogP contribution in [0.1, 0.15) is 24.8 Å². The van der Waals surface area contributed by atoms with Gasteiger partial charge in [-0.25, -0.2) is 4.39 Å². The molecule has 21 heavy (non-hydrogen) atoms. The van der Waals surface area contributed by atoms with Gasteiger partial charge in [0, 0.05) is 0 Å². The Bertz CT molecular complexity index is 760. The smallest absolute Gasteiger partial charge is 0.234 e. The molecule has 0 aromatic heterocycles. The van der Waals surface area contributed by atoms with E-state index >= 15 is 0 Å². The second-order valence-electron chi connectivity index (χ2n) is 5.52. The zero-order chi connectivity index (χ0) is 15.1. The monoisotopic (exact) mass is 305 g/mol. The number of benzene rings is 1. The van der Waals surface area contributed by atoms with Gasteiger partial charge in [0.15, 0.2) is 5.67 Å². The number of rotatable bonds is 2. The van der Waals surface area contributed by atoms with Crippen molar-refractivity contribution in [1.29, 1.82) is 0 Å². The van der Waals surface area contributed by atoms with Crippen molar-refractivity contribution in [2.24, 2.45) is 4.40 Å². The molecule has 1 aromatic rings. The number of hydrogen-bond donors (Lipinski definition) is 0. The van der Waals surface area contributed by atoms with Gasteiger partial charge in [0.2, 0.25) is 0 Å². The van der Waals surface area contributed by atoms with Crippen LogP contribution in [-0.2, 0) is 10.0 Å². The van der Waals surface area contributed by atoms with E-state index in [9.17, 15) is 12.8 Å². The second-order valence-corrected chi connectivity index (χ2v) is 7.13. The quantitative estimate of drug-likeness (QED) is 0.839. The average molecular weight is 305 g/mol. The molecular formula is C16H16FNO2S. The van der Waals surface area contributed by atoms with E-state index in [0.717, 1.165) is 12.0 Å². The van der Waals surface area contributed by atoms with Gasteiger partial charge in [-0.2, -0.15) is 12.8 Å². The molecule has 3 nitrogen and oxygen atoms in total. The lowest BCUT2D eigenvalue weighted by atomic mass is 9.93. The summed E-state index contributed by atoms with van der Waals surface area (Å²) in [4.78, 5) is 0.149. The predicted octanol–water partition coefficient (Wildman–Crippen LogP) is 3.51. The van der Waals surface area contributed by atoms with Gasteiger partial charge in [0.25, 0.3) is 10.0 Å². The van der Waals surface area contributed by atoms with Gasteiger partial charge in [0.1, 0.15) is 0 Å². The minimum atomic E-state index is -3.76. The molecular weight excluding hydrogens is 289 g/mol. The van der Waals surface area contributed by atoms with Crippen LogP contribution in [0, 0.1) is 6.92 Å². The summed E-state index contributed by atoms with van der Waals surface area (Å²) in [6.07, 6.45) is 6.36. The molecule has 0 saturated heterocycles. The number of aryl methyl sites for hydroxylation is 1. The standard InChI is InChI=1S/C16H16FNO2S/c1-12-4-6-15(7-5-12)21(19,20)18-14-8-10-16(17)9-2-3-13(16)11-14/h4-8,10-11H,2-3,9H2,1H3/b18-14-. The summed E-state index contributed by atoms with van der Waals surface area (Å²) in [5, 5.41) is 0. The van der Waals surface area contributed by atoms with Crippen molar-refractivity contribution in [3.63, 3.8) is 0 Å². The first-order chi connectivity index (χ1) is 9.89. The van der Waals surface area contributed by atoms with Crippen LogP contribution in [0.15, 0.2) is 57.4 Å². The molecule has 0 bridgehead atoms. The molecule has 1 atom stereocenters. The van der Waals surface area contributed by atoms with Crippen molar-refractivity contribution in [3.8, 4) is 0 Å². The van der Waals surface area contributed by atoms with Crippen LogP contribution in [0.2, 0.25) is 0 Å². The summed E-state index contributed by atoms with van der Waals surface area (Å²) in [5.74, 6) is 0. The van der Waals surface area contributed by atoms with Crippen LogP contribution in [0.5, 0.6) is 0 Å². The molecule has 2 aliphatic carbocycles. The number of fused-ring (bicyclic) bond motifs is 1. The molecule has 0 aliphatic heterocycles. The lowest BCUT2D eigenvalue weighted by Gasteiger charge is -2.20. The summed E-state index contributed by atoms with van der Waals surface area (Å²) in [6.45, 7) is 1.89. The summed E-state index contributed by atoms with van der Waals surface area (Å²) in [7, 11) is -3.76. The van der Waals surface area contributed by atoms with E-state index in [2.05, 4.69) is 4.40 Å². The second kappa shape index (κ2) is 4.91. The Morgan fingerprint density at radius 1 is 1.24 bits per heavy atom. The summed E-state index contributed by atoms with van der Waals surface area (Å²) in [6, 6.07) is 6.52. The maximum atomic E-state index is 14.4. The van der Waals surface area contributed by atoms with E-state index in [4.69, 9.17) is 0 Å². The number of alkyl halides is 1. The number of allylic oxidation sites excluding steroid dienone is 4. The van der Waals surface area contributed by atoms with Gasteiger partial charge in [-0.05, 0) is 62.1 Å². The highest BCUT2D eigenvalue weighted by Gasteiger charge is 2.38. The maximum absolute atomic E-state index is 14.4. The number of hydrogen-bond acceptors (Lipinski definition) is 2. The average Bonchev–Trinajstić information content (AvgIpc) is 2.80. The van der Waals surface area contributed by atoms with Crippen LogP contribution in [-0.4, -0.2) is 19.8 Å². The third-order valence-electron chi connectivity index (χ3n) is 3.91. The van der Waals surface area contributed by atoms with Crippen LogP contribution in [0.25, 0.3) is 0 Å². The van der Waals surface area contributed by atoms with Crippen molar-refractivity contribution in [1.82, 2.24) is 0 Å². The highest BCUT2D eigenvalue weighted by Crippen LogP contribution is 2.41. The Morgan fingerprint density at radius 3 is 2.67 bits per heavy atom. The lowest BCUT2D eigenvalue weighted by Crippen LogP contribution is -2.21. The molecule has 0 N–H and O–H groups in total. The minimum absolute atomic E-state index is 0.149. The first kappa shape index (κ1) is 14.2. The molecule has 0 heterocycles. The van der Waals surface area contributed by atoms with Gasteiger partial charge in [0.05, 0.1) is 10.6 Å². The SMILES string of the molecule is Cc1ccc(S(=O)(=O)/N=C2/C=CC3(F)CCCC3=C2)cc1. The van der Waals surface area contributed by atoms with Crippen molar-refractivity contribution in [2.75, 3.05) is 0 Å². The first-order valence-electron chi connectivity index (χ1n) is 6.90. The lowest BCUT2D eigenvalue weighted by molar-refractivity contribution is 0.288. The van der Waals surface area contributed by atoms with Crippen molar-refractivity contribution >= 4 is 15.7 Å². The fraction of sp³-hybridized carbons (Fsp3) is 0.312. The molecule has 110 valence electrons. The van der Waals surface area contributed by atoms with Gasteiger partial charge >= 0.3 is 0 Å². The normalized spacial score (nSPS) is 26.8. The third-order valence-corrected chi connectivity index (χ3v) is 5.22. The topological polar surface area (TPSA) is 46.5 Å². The Labute approximate surface area is 124 Å². The predicted molar refractivity (Wildman–Crippen MR) is 80.7 cm³/mol. The zero-order valence-electron chi connectivity index (χ0n) is 11.7. The summed E-state index contributed by atoms with van der Waals surface area (Å²) in [5.41, 5.74) is 0.505. The molecule has 1 aromatic carbocycles. The molecule has 0 amide bonds. The Hall–Kier alpha value is -1.75. The molecule has 1 saturated carbocycles. The fourth-order valence-corrected chi connectivity index (χ4v) is 3.67. The molecule has 3 rings (SSSR count). The van der Waals surface area contributed by atoms with E-state index in [0.29, 0.717) is 24.1 Å². The zero-order valence-corrected chi connectivity index (χ0v) is 12.5. The molecule has 1 fully saturated rings. The minimum Gasteiger partial charge on any atom is -0.234 e.